The number of aliphatic hydroxyl groups is 1. The normalized spacial score (nSPS) is 16.9. The van der Waals surface area contributed by atoms with Crippen LogP contribution < -0.4 is 5.73 Å². The fourth-order valence-corrected chi connectivity index (χ4v) is 2.29. The zero-order valence-corrected chi connectivity index (χ0v) is 10.7. The molecule has 1 aliphatic rings. The molecule has 0 spiro atoms. The number of aromatic nitrogens is 1. The van der Waals surface area contributed by atoms with Crippen molar-refractivity contribution in [1.82, 2.24) is 9.88 Å². The van der Waals surface area contributed by atoms with Gasteiger partial charge in [0.1, 0.15) is 5.15 Å². The Labute approximate surface area is 111 Å². The molecule has 5 nitrogen and oxygen atoms in total. The summed E-state index contributed by atoms with van der Waals surface area (Å²) in [6, 6.07) is 1.55. The summed E-state index contributed by atoms with van der Waals surface area (Å²) >= 11 is 5.91. The minimum absolute atomic E-state index is 0.142. The van der Waals surface area contributed by atoms with E-state index < -0.39 is 0 Å². The van der Waals surface area contributed by atoms with Gasteiger partial charge in [0.15, 0.2) is 0 Å². The lowest BCUT2D eigenvalue weighted by Gasteiger charge is -2.31. The molecule has 0 aromatic carbocycles. The number of carbonyl (C=O) groups is 1. The highest BCUT2D eigenvalue weighted by Gasteiger charge is 2.24. The van der Waals surface area contributed by atoms with Crippen LogP contribution in [0.1, 0.15) is 23.2 Å². The summed E-state index contributed by atoms with van der Waals surface area (Å²) in [7, 11) is 0. The van der Waals surface area contributed by atoms with E-state index >= 15 is 0 Å². The highest BCUT2D eigenvalue weighted by atomic mass is 35.5. The summed E-state index contributed by atoms with van der Waals surface area (Å²) in [5.41, 5.74) is 6.38. The zero-order chi connectivity index (χ0) is 13.1. The van der Waals surface area contributed by atoms with Crippen molar-refractivity contribution >= 4 is 23.2 Å². The molecular weight excluding hydrogens is 254 g/mol. The van der Waals surface area contributed by atoms with Crippen LogP contribution in [-0.2, 0) is 0 Å². The Kier molecular flexibility index (Phi) is 4.04. The van der Waals surface area contributed by atoms with Crippen LogP contribution in [0.25, 0.3) is 0 Å². The number of nitrogens with two attached hydrogens (primary N) is 1. The van der Waals surface area contributed by atoms with Gasteiger partial charge in [0.2, 0.25) is 0 Å². The molecule has 1 saturated heterocycles. The number of halogens is 1. The molecule has 1 fully saturated rings. The van der Waals surface area contributed by atoms with Crippen molar-refractivity contribution in [2.45, 2.75) is 12.8 Å². The molecule has 0 aliphatic carbocycles. The molecule has 6 heteroatoms. The lowest BCUT2D eigenvalue weighted by molar-refractivity contribution is 0.0650. The van der Waals surface area contributed by atoms with E-state index in [0.29, 0.717) is 30.3 Å². The highest BCUT2D eigenvalue weighted by Crippen LogP contribution is 2.22. The smallest absolute Gasteiger partial charge is 0.257 e. The van der Waals surface area contributed by atoms with E-state index in [2.05, 4.69) is 4.98 Å². The number of likely N-dealkylation sites (tertiary alicyclic amines) is 1. The van der Waals surface area contributed by atoms with Gasteiger partial charge in [-0.25, -0.2) is 4.98 Å². The maximum absolute atomic E-state index is 12.3. The average Bonchev–Trinajstić information content (AvgIpc) is 2.41. The predicted molar refractivity (Wildman–Crippen MR) is 69.4 cm³/mol. The number of rotatable bonds is 2. The fraction of sp³-hybridized carbons (Fsp3) is 0.500. The Morgan fingerprint density at radius 3 is 2.83 bits per heavy atom. The van der Waals surface area contributed by atoms with E-state index in [9.17, 15) is 4.79 Å². The van der Waals surface area contributed by atoms with Gasteiger partial charge >= 0.3 is 0 Å². The van der Waals surface area contributed by atoms with E-state index in [1.807, 2.05) is 0 Å². The molecular formula is C12H16ClN3O2. The summed E-state index contributed by atoms with van der Waals surface area (Å²) in [6.07, 6.45) is 3.06. The van der Waals surface area contributed by atoms with E-state index in [-0.39, 0.29) is 17.7 Å². The molecule has 0 unspecified atom stereocenters. The molecule has 0 radical (unpaired) electrons. The van der Waals surface area contributed by atoms with Crippen LogP contribution in [0.2, 0.25) is 5.15 Å². The van der Waals surface area contributed by atoms with Crippen LogP contribution >= 0.6 is 11.6 Å². The van der Waals surface area contributed by atoms with Crippen LogP contribution in [-0.4, -0.2) is 40.6 Å². The summed E-state index contributed by atoms with van der Waals surface area (Å²) in [5.74, 6) is 0.152. The maximum atomic E-state index is 12.3. The lowest BCUT2D eigenvalue weighted by Crippen LogP contribution is -2.39. The largest absolute Gasteiger partial charge is 0.397 e. The number of nitrogen functional groups attached to an aromatic ring is 1. The van der Waals surface area contributed by atoms with Gasteiger partial charge in [0.25, 0.3) is 5.91 Å². The summed E-state index contributed by atoms with van der Waals surface area (Å²) in [4.78, 5) is 17.9. The molecule has 3 N–H and O–H groups in total. The Morgan fingerprint density at radius 2 is 2.22 bits per heavy atom. The molecule has 2 heterocycles. The van der Waals surface area contributed by atoms with Crippen molar-refractivity contribution in [3.63, 3.8) is 0 Å². The van der Waals surface area contributed by atoms with Crippen molar-refractivity contribution in [2.24, 2.45) is 5.92 Å². The first kappa shape index (κ1) is 13.1. The van der Waals surface area contributed by atoms with E-state index in [1.54, 1.807) is 11.0 Å². The maximum Gasteiger partial charge on any atom is 0.257 e. The Hall–Kier alpha value is -1.33. The van der Waals surface area contributed by atoms with Gasteiger partial charge in [0, 0.05) is 19.7 Å². The summed E-state index contributed by atoms with van der Waals surface area (Å²) in [6.45, 7) is 1.45. The van der Waals surface area contributed by atoms with Gasteiger partial charge in [-0.15, -0.1) is 0 Å². The van der Waals surface area contributed by atoms with Crippen LogP contribution in [0.3, 0.4) is 0 Å². The van der Waals surface area contributed by atoms with Crippen molar-refractivity contribution in [1.29, 1.82) is 0 Å². The van der Waals surface area contributed by atoms with Gasteiger partial charge in [-0.05, 0) is 24.8 Å². The third-order valence-electron chi connectivity index (χ3n) is 3.25. The van der Waals surface area contributed by atoms with Gasteiger partial charge in [-0.2, -0.15) is 0 Å². The van der Waals surface area contributed by atoms with E-state index in [4.69, 9.17) is 22.4 Å². The number of pyridine rings is 1. The molecule has 18 heavy (non-hydrogen) atoms. The highest BCUT2D eigenvalue weighted by molar-refractivity contribution is 6.32. The van der Waals surface area contributed by atoms with Crippen LogP contribution in [0.15, 0.2) is 12.3 Å². The number of aliphatic hydroxyl groups excluding tert-OH is 1. The SMILES string of the molecule is Nc1cnc(Cl)c(C(=O)N2CCC(CO)CC2)c1. The number of carbonyl (C=O) groups excluding carboxylic acids is 1. The van der Waals surface area contributed by atoms with Crippen molar-refractivity contribution in [3.05, 3.63) is 23.0 Å². The lowest BCUT2D eigenvalue weighted by atomic mass is 9.97. The Balaban J connectivity index is 2.10. The van der Waals surface area contributed by atoms with Gasteiger partial charge < -0.3 is 15.7 Å². The zero-order valence-electron chi connectivity index (χ0n) is 9.97. The number of nitrogens with zero attached hydrogens (tertiary/aromatic N) is 2. The van der Waals surface area contributed by atoms with Crippen LogP contribution in [0.4, 0.5) is 5.69 Å². The van der Waals surface area contributed by atoms with Crippen LogP contribution in [0.5, 0.6) is 0 Å². The quantitative estimate of drug-likeness (QED) is 0.790. The number of piperidine rings is 1. The monoisotopic (exact) mass is 269 g/mol. The summed E-state index contributed by atoms with van der Waals surface area (Å²) < 4.78 is 0. The van der Waals surface area contributed by atoms with Gasteiger partial charge in [0.05, 0.1) is 17.4 Å². The number of amides is 1. The molecule has 0 bridgehead atoms. The van der Waals surface area contributed by atoms with Crippen molar-refractivity contribution in [3.8, 4) is 0 Å². The molecule has 98 valence electrons. The Morgan fingerprint density at radius 1 is 1.56 bits per heavy atom. The molecule has 1 aromatic heterocycles. The topological polar surface area (TPSA) is 79.5 Å². The number of hydrogen-bond donors (Lipinski definition) is 2. The van der Waals surface area contributed by atoms with E-state index in [1.165, 1.54) is 6.20 Å². The molecule has 0 saturated carbocycles. The molecule has 1 amide bonds. The van der Waals surface area contributed by atoms with Gasteiger partial charge in [-0.3, -0.25) is 4.79 Å². The average molecular weight is 270 g/mol. The summed E-state index contributed by atoms with van der Waals surface area (Å²) in [5, 5.41) is 9.24. The Bertz CT molecular complexity index is 445. The third-order valence-corrected chi connectivity index (χ3v) is 3.55. The number of anilines is 1. The first-order valence-corrected chi connectivity index (χ1v) is 6.30. The fourth-order valence-electron chi connectivity index (χ4n) is 2.10. The molecule has 1 aromatic rings. The first-order chi connectivity index (χ1) is 8.61. The minimum atomic E-state index is -0.142. The van der Waals surface area contributed by atoms with Crippen molar-refractivity contribution < 1.29 is 9.90 Å². The molecule has 2 rings (SSSR count). The second-order valence-electron chi connectivity index (χ2n) is 4.53. The molecule has 1 aliphatic heterocycles. The second kappa shape index (κ2) is 5.54. The van der Waals surface area contributed by atoms with Crippen molar-refractivity contribution in [2.75, 3.05) is 25.4 Å². The third kappa shape index (κ3) is 2.73. The van der Waals surface area contributed by atoms with Crippen LogP contribution in [0, 0.1) is 5.92 Å². The molecule has 0 atom stereocenters. The van der Waals surface area contributed by atoms with Gasteiger partial charge in [-0.1, -0.05) is 11.6 Å². The van der Waals surface area contributed by atoms with E-state index in [0.717, 1.165) is 12.8 Å². The standard InChI is InChI=1S/C12H16ClN3O2/c13-11-10(5-9(14)6-15-11)12(18)16-3-1-8(7-17)2-4-16/h5-6,8,17H,1-4,7,14H2. The predicted octanol–water partition coefficient (Wildman–Crippen LogP) is 1.16. The number of hydrogen-bond acceptors (Lipinski definition) is 4. The first-order valence-electron chi connectivity index (χ1n) is 5.93. The minimum Gasteiger partial charge on any atom is -0.397 e. The second-order valence-corrected chi connectivity index (χ2v) is 4.88.